The van der Waals surface area contributed by atoms with E-state index in [0.717, 1.165) is 6.08 Å². The molecule has 3 aromatic carbocycles. The van der Waals surface area contributed by atoms with Crippen LogP contribution in [0.1, 0.15) is 89.6 Å². The molecule has 276 valence electrons. The van der Waals surface area contributed by atoms with Gasteiger partial charge in [0.2, 0.25) is 17.3 Å². The van der Waals surface area contributed by atoms with Crippen LogP contribution in [0.2, 0.25) is 5.02 Å². The van der Waals surface area contributed by atoms with E-state index in [1.807, 2.05) is 0 Å². The summed E-state index contributed by atoms with van der Waals surface area (Å²) in [7, 11) is 1.30. The third kappa shape index (κ3) is 5.76. The number of nitrogens with two attached hydrogens (primary N) is 2. The molecular formula is C37H33ClN2O13. The van der Waals surface area contributed by atoms with Crippen LogP contribution < -0.4 is 16.2 Å². The van der Waals surface area contributed by atoms with Crippen molar-refractivity contribution in [3.8, 4) is 17.2 Å². The van der Waals surface area contributed by atoms with E-state index in [4.69, 9.17) is 42.0 Å². The first-order valence-corrected chi connectivity index (χ1v) is 16.8. The van der Waals surface area contributed by atoms with Crippen LogP contribution in [0.4, 0.5) is 5.69 Å². The van der Waals surface area contributed by atoms with E-state index in [9.17, 15) is 44.4 Å². The highest BCUT2D eigenvalue weighted by atomic mass is 35.5. The fourth-order valence-electron chi connectivity index (χ4n) is 7.36. The number of halogens is 1. The van der Waals surface area contributed by atoms with Gasteiger partial charge < -0.3 is 50.8 Å². The van der Waals surface area contributed by atoms with Gasteiger partial charge in [0.05, 0.1) is 52.8 Å². The summed E-state index contributed by atoms with van der Waals surface area (Å²) in [5.41, 5.74) is 7.59. The molecule has 6 atom stereocenters. The number of methoxy groups -OCH3 is 1. The van der Waals surface area contributed by atoms with Crippen molar-refractivity contribution in [2.24, 2.45) is 5.73 Å². The summed E-state index contributed by atoms with van der Waals surface area (Å²) in [6.07, 6.45) is -4.99. The number of aromatic hydroxyl groups is 2. The second-order valence-corrected chi connectivity index (χ2v) is 13.8. The van der Waals surface area contributed by atoms with Gasteiger partial charge in [-0.3, -0.25) is 24.0 Å². The van der Waals surface area contributed by atoms with Crippen LogP contribution in [0, 0.1) is 0 Å². The van der Waals surface area contributed by atoms with Gasteiger partial charge in [-0.1, -0.05) is 23.7 Å². The monoisotopic (exact) mass is 748 g/mol. The molecule has 0 aromatic heterocycles. The molecule has 0 bridgehead atoms. The number of aliphatic hydroxyl groups is 2. The number of Topliss-reactive ketones (excluding diaryl/α,β-unsaturated/α-hetero) is 2. The Kier molecular flexibility index (Phi) is 8.92. The number of fused-ring (bicyclic) bond motifs is 4. The minimum absolute atomic E-state index is 0.0164. The first kappa shape index (κ1) is 36.2. The zero-order chi connectivity index (χ0) is 38.3. The summed E-state index contributed by atoms with van der Waals surface area (Å²) in [5, 5.41) is 45.8. The predicted molar refractivity (Wildman–Crippen MR) is 183 cm³/mol. The SMILES string of the molecule is COc1cccc2c1C(=O)c1c(O)c3c(c(O)c1C2=O)C[C@@](O)(C(=O)COC1=CC(=O)c2cc(N)c(Cl)cc2C1=O)C[C@@H]3O[C@H]1C[C@H](N)[C@H](O)[C@H](C)O1. The number of carbonyl (C=O) groups is 5. The molecule has 0 spiro atoms. The van der Waals surface area contributed by atoms with Crippen molar-refractivity contribution >= 4 is 46.2 Å². The zero-order valence-electron chi connectivity index (χ0n) is 28.2. The van der Waals surface area contributed by atoms with Gasteiger partial charge in [-0.25, -0.2) is 0 Å². The molecule has 3 aliphatic carbocycles. The van der Waals surface area contributed by atoms with Crippen LogP contribution in [0.5, 0.6) is 17.2 Å². The number of carbonyl (C=O) groups excluding carboxylic acids is 5. The Bertz CT molecular complexity index is 2190. The molecule has 16 heteroatoms. The van der Waals surface area contributed by atoms with Gasteiger partial charge >= 0.3 is 0 Å². The number of phenols is 2. The van der Waals surface area contributed by atoms with Gasteiger partial charge in [0.15, 0.2) is 23.6 Å². The average molecular weight is 749 g/mol. The number of nitrogen functional groups attached to an aromatic ring is 1. The summed E-state index contributed by atoms with van der Waals surface area (Å²) in [6.45, 7) is 0.603. The van der Waals surface area contributed by atoms with E-state index in [2.05, 4.69) is 0 Å². The fraction of sp³-hybridized carbons (Fsp3) is 0.324. The lowest BCUT2D eigenvalue weighted by atomic mass is 9.72. The third-order valence-corrected chi connectivity index (χ3v) is 10.5. The van der Waals surface area contributed by atoms with Crippen LogP contribution in [0.15, 0.2) is 42.2 Å². The van der Waals surface area contributed by atoms with E-state index in [1.165, 1.54) is 37.4 Å². The maximum Gasteiger partial charge on any atom is 0.228 e. The first-order chi connectivity index (χ1) is 25.1. The molecule has 1 saturated heterocycles. The lowest BCUT2D eigenvalue weighted by Crippen LogP contribution is -2.53. The van der Waals surface area contributed by atoms with Gasteiger partial charge in [-0.15, -0.1) is 0 Å². The van der Waals surface area contributed by atoms with Crippen LogP contribution in [-0.4, -0.2) is 93.2 Å². The highest BCUT2D eigenvalue weighted by molar-refractivity contribution is 6.35. The van der Waals surface area contributed by atoms with Crippen LogP contribution in [0.3, 0.4) is 0 Å². The molecule has 0 radical (unpaired) electrons. The molecular weight excluding hydrogens is 716 g/mol. The molecule has 0 amide bonds. The average Bonchev–Trinajstić information content (AvgIpc) is 3.12. The third-order valence-electron chi connectivity index (χ3n) is 10.2. The summed E-state index contributed by atoms with van der Waals surface area (Å²) < 4.78 is 22.8. The number of allylic oxidation sites excluding steroid dienone is 2. The van der Waals surface area contributed by atoms with E-state index in [-0.39, 0.29) is 56.3 Å². The zero-order valence-corrected chi connectivity index (χ0v) is 28.9. The van der Waals surface area contributed by atoms with E-state index >= 15 is 0 Å². The molecule has 1 aliphatic heterocycles. The van der Waals surface area contributed by atoms with Gasteiger partial charge in [0.1, 0.15) is 29.5 Å². The highest BCUT2D eigenvalue weighted by Gasteiger charge is 2.50. The Morgan fingerprint density at radius 2 is 1.74 bits per heavy atom. The number of rotatable bonds is 7. The number of phenolic OH excluding ortho intramolecular Hbond substituents is 2. The maximum absolute atomic E-state index is 13.9. The second-order valence-electron chi connectivity index (χ2n) is 13.4. The topological polar surface area (TPSA) is 255 Å². The minimum atomic E-state index is -2.45. The number of benzene rings is 3. The lowest BCUT2D eigenvalue weighted by molar-refractivity contribution is -0.247. The van der Waals surface area contributed by atoms with Crippen molar-refractivity contribution in [1.29, 1.82) is 0 Å². The molecule has 4 aliphatic rings. The van der Waals surface area contributed by atoms with Gasteiger partial charge in [0, 0.05) is 59.2 Å². The summed E-state index contributed by atoms with van der Waals surface area (Å²) >= 11 is 6.07. The summed E-state index contributed by atoms with van der Waals surface area (Å²) in [4.78, 5) is 67.6. The van der Waals surface area contributed by atoms with Crippen molar-refractivity contribution in [2.45, 2.75) is 62.4 Å². The molecule has 8 N–H and O–H groups in total. The van der Waals surface area contributed by atoms with E-state index < -0.39 is 113 Å². The Morgan fingerprint density at radius 1 is 1.02 bits per heavy atom. The normalized spacial score (nSPS) is 26.2. The molecule has 3 aromatic rings. The van der Waals surface area contributed by atoms with Crippen molar-refractivity contribution in [3.05, 3.63) is 91.7 Å². The number of aliphatic hydroxyl groups excluding tert-OH is 1. The molecule has 15 nitrogen and oxygen atoms in total. The van der Waals surface area contributed by atoms with Crippen LogP contribution in [0.25, 0.3) is 0 Å². The van der Waals surface area contributed by atoms with Gasteiger partial charge in [0.25, 0.3) is 0 Å². The standard InChI is InChI=1S/C37H33ClN2O13/c1-13-31(43)20(40)8-26(52-13)53-24-11-37(49,25(42)12-51-23-9-21(41)15-7-19(39)18(38)6-16(15)32(23)44)10-17-28(24)36(48)30-29(34(17)46)33(45)14-4-3-5-22(50-2)27(14)35(30)47/h3-7,9,13,20,24,26,31,43,46,48-49H,8,10-12,39-40H2,1-2H3/t13-,20-,24-,26-,31+,37-/m0/s1. The number of ether oxygens (including phenoxy) is 4. The molecule has 1 fully saturated rings. The molecule has 0 unspecified atom stereocenters. The fourth-order valence-corrected chi connectivity index (χ4v) is 7.53. The Labute approximate surface area is 305 Å². The Hall–Kier alpha value is -5.16. The van der Waals surface area contributed by atoms with Crippen molar-refractivity contribution in [2.75, 3.05) is 19.5 Å². The largest absolute Gasteiger partial charge is 0.507 e. The number of hydrogen-bond acceptors (Lipinski definition) is 15. The van der Waals surface area contributed by atoms with Gasteiger partial charge in [-0.2, -0.15) is 0 Å². The minimum Gasteiger partial charge on any atom is -0.507 e. The smallest absolute Gasteiger partial charge is 0.228 e. The van der Waals surface area contributed by atoms with Crippen LogP contribution >= 0.6 is 11.6 Å². The Morgan fingerprint density at radius 3 is 2.43 bits per heavy atom. The molecule has 0 saturated carbocycles. The van der Waals surface area contributed by atoms with E-state index in [0.29, 0.717) is 0 Å². The van der Waals surface area contributed by atoms with Crippen LogP contribution in [-0.2, 0) is 25.4 Å². The molecule has 1 heterocycles. The predicted octanol–water partition coefficient (Wildman–Crippen LogP) is 2.22. The number of anilines is 1. The molecule has 7 rings (SSSR count). The van der Waals surface area contributed by atoms with Crippen molar-refractivity contribution in [3.63, 3.8) is 0 Å². The summed E-state index contributed by atoms with van der Waals surface area (Å²) in [6, 6.07) is 5.92. The second kappa shape index (κ2) is 13.1. The van der Waals surface area contributed by atoms with E-state index in [1.54, 1.807) is 6.92 Å². The van der Waals surface area contributed by atoms with Crippen molar-refractivity contribution in [1.82, 2.24) is 0 Å². The number of ketones is 5. The lowest BCUT2D eigenvalue weighted by Gasteiger charge is -2.42. The summed E-state index contributed by atoms with van der Waals surface area (Å²) in [5.74, 6) is -6.07. The maximum atomic E-state index is 13.9. The van der Waals surface area contributed by atoms with Gasteiger partial charge in [-0.05, 0) is 25.1 Å². The van der Waals surface area contributed by atoms with Crippen molar-refractivity contribution < 1.29 is 63.3 Å². The first-order valence-electron chi connectivity index (χ1n) is 16.5. The molecule has 53 heavy (non-hydrogen) atoms. The quantitative estimate of drug-likeness (QED) is 0.117. The number of hydrogen-bond donors (Lipinski definition) is 6. The highest BCUT2D eigenvalue weighted by Crippen LogP contribution is 2.52. The Balaban J connectivity index is 1.26.